The van der Waals surface area contributed by atoms with E-state index in [1.165, 1.54) is 0 Å². The van der Waals surface area contributed by atoms with Gasteiger partial charge in [0, 0.05) is 9.26 Å². The molecule has 1 amide bonds. The molecule has 2 rings (SSSR count). The molecule has 2 nitrogen and oxygen atoms in total. The second kappa shape index (κ2) is 6.96. The molecule has 0 spiro atoms. The molecule has 1 N–H and O–H groups in total. The lowest BCUT2D eigenvalue weighted by molar-refractivity contribution is -0.115. The van der Waals surface area contributed by atoms with Gasteiger partial charge in [-0.1, -0.05) is 36.4 Å². The van der Waals surface area contributed by atoms with Crippen molar-refractivity contribution < 1.29 is 4.79 Å². The largest absolute Gasteiger partial charge is 0.325 e. The van der Waals surface area contributed by atoms with Crippen molar-refractivity contribution in [3.05, 3.63) is 63.7 Å². The number of halogens is 1. The number of carbonyl (C=O) groups is 1. The van der Waals surface area contributed by atoms with Gasteiger partial charge in [-0.3, -0.25) is 4.79 Å². The highest BCUT2D eigenvalue weighted by Gasteiger charge is 2.14. The summed E-state index contributed by atoms with van der Waals surface area (Å²) in [7, 11) is 0. The van der Waals surface area contributed by atoms with Crippen molar-refractivity contribution in [3.8, 4) is 0 Å². The molecule has 0 aromatic heterocycles. The number of nitrogens with one attached hydrogen (secondary N) is 1. The Morgan fingerprint density at radius 1 is 1.16 bits per heavy atom. The molecule has 0 radical (unpaired) electrons. The maximum atomic E-state index is 12.0. The van der Waals surface area contributed by atoms with Crippen molar-refractivity contribution in [2.45, 2.75) is 11.7 Å². The van der Waals surface area contributed by atoms with Crippen LogP contribution in [0.4, 0.5) is 5.69 Å². The first-order valence-electron chi connectivity index (χ1n) is 5.93. The first-order chi connectivity index (χ1) is 9.15. The smallest absolute Gasteiger partial charge is 0.237 e. The summed E-state index contributed by atoms with van der Waals surface area (Å²) in [6.07, 6.45) is 0.625. The minimum Gasteiger partial charge on any atom is -0.325 e. The molecular formula is C15H14INOS. The van der Waals surface area contributed by atoms with E-state index in [4.69, 9.17) is 0 Å². The summed E-state index contributed by atoms with van der Waals surface area (Å²) in [6, 6.07) is 17.6. The minimum absolute atomic E-state index is 0.0748. The van der Waals surface area contributed by atoms with Gasteiger partial charge < -0.3 is 5.32 Å². The van der Waals surface area contributed by atoms with Crippen LogP contribution in [0.15, 0.2) is 54.6 Å². The molecule has 4 heteroatoms. The Morgan fingerprint density at radius 3 is 2.58 bits per heavy atom. The van der Waals surface area contributed by atoms with Crippen molar-refractivity contribution in [2.24, 2.45) is 0 Å². The zero-order valence-corrected chi connectivity index (χ0v) is 13.3. The molecule has 0 heterocycles. The van der Waals surface area contributed by atoms with Crippen LogP contribution in [0, 0.1) is 3.57 Å². The number of benzene rings is 2. The molecular weight excluding hydrogens is 369 g/mol. The van der Waals surface area contributed by atoms with Gasteiger partial charge in [0.05, 0.1) is 5.25 Å². The predicted molar refractivity (Wildman–Crippen MR) is 90.7 cm³/mol. The summed E-state index contributed by atoms with van der Waals surface area (Å²) in [4.78, 5) is 12.0. The monoisotopic (exact) mass is 383 g/mol. The zero-order chi connectivity index (χ0) is 13.7. The lowest BCUT2D eigenvalue weighted by Gasteiger charge is -2.11. The van der Waals surface area contributed by atoms with Gasteiger partial charge in [0.2, 0.25) is 5.91 Å². The van der Waals surface area contributed by atoms with Crippen LogP contribution in [0.5, 0.6) is 0 Å². The normalized spacial score (nSPS) is 11.9. The SMILES string of the molecule is O=C(Nc1cccc(I)c1)C(S)Cc1ccccc1. The van der Waals surface area contributed by atoms with E-state index in [0.29, 0.717) is 6.42 Å². The van der Waals surface area contributed by atoms with Crippen LogP contribution >= 0.6 is 35.2 Å². The minimum atomic E-state index is -0.347. The average Bonchev–Trinajstić information content (AvgIpc) is 2.40. The second-order valence-corrected chi connectivity index (χ2v) is 6.07. The van der Waals surface area contributed by atoms with Gasteiger partial charge in [-0.05, 0) is 52.8 Å². The fourth-order valence-corrected chi connectivity index (χ4v) is 2.54. The molecule has 2 aromatic rings. The van der Waals surface area contributed by atoms with E-state index in [0.717, 1.165) is 14.8 Å². The van der Waals surface area contributed by atoms with Crippen molar-refractivity contribution in [3.63, 3.8) is 0 Å². The fraction of sp³-hybridized carbons (Fsp3) is 0.133. The van der Waals surface area contributed by atoms with Crippen molar-refractivity contribution in [1.29, 1.82) is 0 Å². The number of carbonyl (C=O) groups excluding carboxylic acids is 1. The standard InChI is InChI=1S/C15H14INOS/c16-12-7-4-8-13(10-12)17-15(18)14(19)9-11-5-2-1-3-6-11/h1-8,10,14,19H,9H2,(H,17,18). The van der Waals surface area contributed by atoms with E-state index in [1.807, 2.05) is 54.6 Å². The van der Waals surface area contributed by atoms with Crippen LogP contribution in [0.25, 0.3) is 0 Å². The number of anilines is 1. The van der Waals surface area contributed by atoms with Crippen molar-refractivity contribution in [1.82, 2.24) is 0 Å². The molecule has 0 aliphatic carbocycles. The summed E-state index contributed by atoms with van der Waals surface area (Å²) >= 11 is 6.60. The van der Waals surface area contributed by atoms with Crippen molar-refractivity contribution >= 4 is 46.8 Å². The van der Waals surface area contributed by atoms with E-state index < -0.39 is 0 Å². The Balaban J connectivity index is 1.96. The highest BCUT2D eigenvalue weighted by atomic mass is 127. The Bertz CT molecular complexity index is 559. The van der Waals surface area contributed by atoms with Crippen LogP contribution in [0.1, 0.15) is 5.56 Å². The molecule has 0 fully saturated rings. The van der Waals surface area contributed by atoms with Gasteiger partial charge in [-0.15, -0.1) is 0 Å². The van der Waals surface area contributed by atoms with E-state index >= 15 is 0 Å². The van der Waals surface area contributed by atoms with E-state index in [1.54, 1.807) is 0 Å². The number of hydrogen-bond acceptors (Lipinski definition) is 2. The van der Waals surface area contributed by atoms with Crippen LogP contribution in [-0.4, -0.2) is 11.2 Å². The molecule has 98 valence electrons. The molecule has 0 saturated carbocycles. The van der Waals surface area contributed by atoms with Crippen molar-refractivity contribution in [2.75, 3.05) is 5.32 Å². The third kappa shape index (κ3) is 4.54. The highest BCUT2D eigenvalue weighted by Crippen LogP contribution is 2.15. The second-order valence-electron chi connectivity index (χ2n) is 4.21. The summed E-state index contributed by atoms with van der Waals surface area (Å²) in [5.74, 6) is -0.0748. The molecule has 2 aromatic carbocycles. The molecule has 19 heavy (non-hydrogen) atoms. The number of thiol groups is 1. The van der Waals surface area contributed by atoms with E-state index in [-0.39, 0.29) is 11.2 Å². The van der Waals surface area contributed by atoms with Gasteiger partial charge in [0.25, 0.3) is 0 Å². The molecule has 0 aliphatic heterocycles. The van der Waals surface area contributed by atoms with Crippen LogP contribution in [-0.2, 0) is 11.2 Å². The molecule has 0 bridgehead atoms. The molecule has 1 unspecified atom stereocenters. The zero-order valence-electron chi connectivity index (χ0n) is 10.2. The fourth-order valence-electron chi connectivity index (χ4n) is 1.72. The van der Waals surface area contributed by atoms with E-state index in [2.05, 4.69) is 40.5 Å². The maximum absolute atomic E-state index is 12.0. The Kier molecular flexibility index (Phi) is 5.27. The molecule has 1 atom stereocenters. The van der Waals surface area contributed by atoms with Gasteiger partial charge in [0.1, 0.15) is 0 Å². The first kappa shape index (κ1) is 14.4. The van der Waals surface area contributed by atoms with Crippen LogP contribution in [0.2, 0.25) is 0 Å². The Morgan fingerprint density at radius 2 is 1.89 bits per heavy atom. The highest BCUT2D eigenvalue weighted by molar-refractivity contribution is 14.1. The maximum Gasteiger partial charge on any atom is 0.237 e. The van der Waals surface area contributed by atoms with Crippen LogP contribution < -0.4 is 5.32 Å². The summed E-state index contributed by atoms with van der Waals surface area (Å²) in [5, 5.41) is 2.54. The molecule has 0 saturated heterocycles. The third-order valence-corrected chi connectivity index (χ3v) is 3.75. The van der Waals surface area contributed by atoms with Gasteiger partial charge >= 0.3 is 0 Å². The summed E-state index contributed by atoms with van der Waals surface area (Å²) in [5.41, 5.74) is 1.92. The lowest BCUT2D eigenvalue weighted by Crippen LogP contribution is -2.25. The number of rotatable bonds is 4. The average molecular weight is 383 g/mol. The van der Waals surface area contributed by atoms with E-state index in [9.17, 15) is 4.79 Å². The first-order valence-corrected chi connectivity index (χ1v) is 7.53. The van der Waals surface area contributed by atoms with Gasteiger partial charge in [-0.25, -0.2) is 0 Å². The van der Waals surface area contributed by atoms with Gasteiger partial charge in [-0.2, -0.15) is 12.6 Å². The third-order valence-electron chi connectivity index (χ3n) is 2.67. The Labute approximate surface area is 132 Å². The number of hydrogen-bond donors (Lipinski definition) is 2. The number of amides is 1. The van der Waals surface area contributed by atoms with Gasteiger partial charge in [0.15, 0.2) is 0 Å². The van der Waals surface area contributed by atoms with Crippen LogP contribution in [0.3, 0.4) is 0 Å². The topological polar surface area (TPSA) is 29.1 Å². The predicted octanol–water partition coefficient (Wildman–Crippen LogP) is 3.77. The quantitative estimate of drug-likeness (QED) is 0.611. The summed E-state index contributed by atoms with van der Waals surface area (Å²) in [6.45, 7) is 0. The lowest BCUT2D eigenvalue weighted by atomic mass is 10.1. The summed E-state index contributed by atoms with van der Waals surface area (Å²) < 4.78 is 1.09. The Hall–Kier alpha value is -1.01. The molecule has 0 aliphatic rings.